The van der Waals surface area contributed by atoms with Gasteiger partial charge in [0.1, 0.15) is 5.82 Å². The molecule has 1 amide bonds. The van der Waals surface area contributed by atoms with E-state index in [9.17, 15) is 17.6 Å². The summed E-state index contributed by atoms with van der Waals surface area (Å²) in [5, 5.41) is 0. The Hall–Kier alpha value is -1.51. The first kappa shape index (κ1) is 20.2. The van der Waals surface area contributed by atoms with Crippen LogP contribution in [0.4, 0.5) is 4.39 Å². The molecule has 2 saturated heterocycles. The van der Waals surface area contributed by atoms with Crippen LogP contribution in [0.3, 0.4) is 0 Å². The maximum atomic E-state index is 13.4. The largest absolute Gasteiger partial charge is 0.339 e. The van der Waals surface area contributed by atoms with Crippen molar-refractivity contribution in [1.29, 1.82) is 0 Å². The Labute approximate surface area is 161 Å². The lowest BCUT2D eigenvalue weighted by atomic mass is 10.00. The number of likely N-dealkylation sites (tertiary alicyclic amines) is 1. The number of carbonyl (C=O) groups excluding carboxylic acids is 1. The summed E-state index contributed by atoms with van der Waals surface area (Å²) in [6, 6.07) is 5.52. The molecule has 1 aromatic rings. The SMILES string of the molecule is CC[C@@H]1CCCCN1CC(=O)N1CCN(S(=O)(=O)c2cccc(F)c2)CC1. The van der Waals surface area contributed by atoms with Gasteiger partial charge in [-0.25, -0.2) is 12.8 Å². The number of halogens is 1. The van der Waals surface area contributed by atoms with E-state index in [1.54, 1.807) is 4.90 Å². The van der Waals surface area contributed by atoms with Crippen molar-refractivity contribution in [3.8, 4) is 0 Å². The fourth-order valence-corrected chi connectivity index (χ4v) is 5.41. The fourth-order valence-electron chi connectivity index (χ4n) is 3.96. The molecule has 6 nitrogen and oxygen atoms in total. The van der Waals surface area contributed by atoms with Crippen molar-refractivity contribution in [3.63, 3.8) is 0 Å². The molecule has 150 valence electrons. The molecule has 1 atom stereocenters. The Kier molecular flexibility index (Phi) is 6.49. The zero-order chi connectivity index (χ0) is 19.4. The minimum absolute atomic E-state index is 0.0404. The Morgan fingerprint density at radius 2 is 1.89 bits per heavy atom. The molecule has 0 N–H and O–H groups in total. The van der Waals surface area contributed by atoms with Gasteiger partial charge in [-0.2, -0.15) is 4.31 Å². The highest BCUT2D eigenvalue weighted by Crippen LogP contribution is 2.21. The van der Waals surface area contributed by atoms with Gasteiger partial charge in [0.05, 0.1) is 11.4 Å². The molecule has 8 heteroatoms. The lowest BCUT2D eigenvalue weighted by Crippen LogP contribution is -2.53. The van der Waals surface area contributed by atoms with E-state index in [1.165, 1.54) is 28.9 Å². The molecule has 3 rings (SSSR count). The van der Waals surface area contributed by atoms with E-state index < -0.39 is 15.8 Å². The summed E-state index contributed by atoms with van der Waals surface area (Å²) in [4.78, 5) is 16.6. The minimum Gasteiger partial charge on any atom is -0.339 e. The molecule has 0 aromatic heterocycles. The molecule has 2 aliphatic rings. The summed E-state index contributed by atoms with van der Waals surface area (Å²) >= 11 is 0. The van der Waals surface area contributed by atoms with E-state index in [2.05, 4.69) is 11.8 Å². The molecule has 27 heavy (non-hydrogen) atoms. The van der Waals surface area contributed by atoms with Crippen molar-refractivity contribution in [1.82, 2.24) is 14.1 Å². The number of hydrogen-bond donors (Lipinski definition) is 0. The predicted octanol–water partition coefficient (Wildman–Crippen LogP) is 1.92. The minimum atomic E-state index is -3.73. The molecule has 2 fully saturated rings. The average molecular weight is 398 g/mol. The van der Waals surface area contributed by atoms with Crippen LogP contribution in [0.15, 0.2) is 29.2 Å². The summed E-state index contributed by atoms with van der Waals surface area (Å²) in [7, 11) is -3.73. The van der Waals surface area contributed by atoms with Crippen LogP contribution in [-0.4, -0.2) is 73.7 Å². The summed E-state index contributed by atoms with van der Waals surface area (Å²) in [6.07, 6.45) is 4.54. The van der Waals surface area contributed by atoms with Gasteiger partial charge in [0, 0.05) is 32.2 Å². The Morgan fingerprint density at radius 3 is 2.56 bits per heavy atom. The second-order valence-corrected chi connectivity index (χ2v) is 9.21. The number of rotatable bonds is 5. The van der Waals surface area contributed by atoms with Gasteiger partial charge in [-0.3, -0.25) is 9.69 Å². The number of amides is 1. The van der Waals surface area contributed by atoms with Crippen LogP contribution in [0.1, 0.15) is 32.6 Å². The Morgan fingerprint density at radius 1 is 1.15 bits per heavy atom. The van der Waals surface area contributed by atoms with Gasteiger partial charge in [0.2, 0.25) is 15.9 Å². The molecule has 0 saturated carbocycles. The number of piperidine rings is 1. The standard InChI is InChI=1S/C19H28FN3O3S/c1-2-17-7-3-4-9-22(17)15-19(24)21-10-12-23(13-11-21)27(25,26)18-8-5-6-16(20)14-18/h5-6,8,14,17H,2-4,7,9-13,15H2,1H3/t17-/m1/s1. The second-order valence-electron chi connectivity index (χ2n) is 7.27. The first-order chi connectivity index (χ1) is 12.9. The first-order valence-electron chi connectivity index (χ1n) is 9.69. The highest BCUT2D eigenvalue weighted by Gasteiger charge is 2.31. The number of carbonyl (C=O) groups is 1. The monoisotopic (exact) mass is 397 g/mol. The molecule has 2 aliphatic heterocycles. The second kappa shape index (κ2) is 8.67. The summed E-state index contributed by atoms with van der Waals surface area (Å²) in [5.41, 5.74) is 0. The van der Waals surface area contributed by atoms with Crippen molar-refractivity contribution < 1.29 is 17.6 Å². The summed E-state index contributed by atoms with van der Waals surface area (Å²) in [5.74, 6) is -0.505. The molecule has 0 aliphatic carbocycles. The van der Waals surface area contributed by atoms with Crippen LogP contribution >= 0.6 is 0 Å². The van der Waals surface area contributed by atoms with Gasteiger partial charge in [0.25, 0.3) is 0 Å². The van der Waals surface area contributed by atoms with Gasteiger partial charge in [-0.1, -0.05) is 19.4 Å². The van der Waals surface area contributed by atoms with Crippen molar-refractivity contribution in [2.24, 2.45) is 0 Å². The molecular weight excluding hydrogens is 369 g/mol. The first-order valence-corrected chi connectivity index (χ1v) is 11.1. The fraction of sp³-hybridized carbons (Fsp3) is 0.632. The van der Waals surface area contributed by atoms with Crippen molar-refractivity contribution in [2.75, 3.05) is 39.3 Å². The highest BCUT2D eigenvalue weighted by atomic mass is 32.2. The maximum Gasteiger partial charge on any atom is 0.243 e. The van der Waals surface area contributed by atoms with Crippen LogP contribution in [0.2, 0.25) is 0 Å². The zero-order valence-corrected chi connectivity index (χ0v) is 16.6. The van der Waals surface area contributed by atoms with E-state index in [0.29, 0.717) is 25.7 Å². The van der Waals surface area contributed by atoms with Crippen molar-refractivity contribution >= 4 is 15.9 Å². The van der Waals surface area contributed by atoms with Crippen LogP contribution < -0.4 is 0 Å². The van der Waals surface area contributed by atoms with Crippen molar-refractivity contribution in [2.45, 2.75) is 43.5 Å². The van der Waals surface area contributed by atoms with Gasteiger partial charge in [-0.05, 0) is 44.0 Å². The number of sulfonamides is 1. The van der Waals surface area contributed by atoms with Crippen LogP contribution in [0.5, 0.6) is 0 Å². The third-order valence-electron chi connectivity index (χ3n) is 5.58. The van der Waals surface area contributed by atoms with E-state index in [1.807, 2.05) is 0 Å². The zero-order valence-electron chi connectivity index (χ0n) is 15.8. The van der Waals surface area contributed by atoms with E-state index >= 15 is 0 Å². The third-order valence-corrected chi connectivity index (χ3v) is 7.48. The summed E-state index contributed by atoms with van der Waals surface area (Å²) < 4.78 is 40.0. The predicted molar refractivity (Wildman–Crippen MR) is 101 cm³/mol. The number of piperazine rings is 1. The van der Waals surface area contributed by atoms with Gasteiger partial charge < -0.3 is 4.90 Å². The maximum absolute atomic E-state index is 13.4. The van der Waals surface area contributed by atoms with Crippen LogP contribution in [0, 0.1) is 5.82 Å². The van der Waals surface area contributed by atoms with Gasteiger partial charge in [0.15, 0.2) is 0 Å². The summed E-state index contributed by atoms with van der Waals surface area (Å²) in [6.45, 7) is 4.75. The third kappa shape index (κ3) is 4.67. The molecule has 1 aromatic carbocycles. The lowest BCUT2D eigenvalue weighted by molar-refractivity contribution is -0.134. The Balaban J connectivity index is 1.57. The molecule has 0 spiro atoms. The van der Waals surface area contributed by atoms with E-state index in [0.717, 1.165) is 31.9 Å². The normalized spacial score (nSPS) is 22.7. The van der Waals surface area contributed by atoms with Crippen LogP contribution in [0.25, 0.3) is 0 Å². The van der Waals surface area contributed by atoms with Gasteiger partial charge in [-0.15, -0.1) is 0 Å². The highest BCUT2D eigenvalue weighted by molar-refractivity contribution is 7.89. The molecular formula is C19H28FN3O3S. The number of nitrogens with zero attached hydrogens (tertiary/aromatic N) is 3. The van der Waals surface area contributed by atoms with Crippen LogP contribution in [-0.2, 0) is 14.8 Å². The number of benzene rings is 1. The lowest BCUT2D eigenvalue weighted by Gasteiger charge is -2.38. The molecule has 0 radical (unpaired) electrons. The quantitative estimate of drug-likeness (QED) is 0.762. The average Bonchev–Trinajstić information content (AvgIpc) is 2.68. The van der Waals surface area contributed by atoms with E-state index in [-0.39, 0.29) is 23.9 Å². The molecule has 0 bridgehead atoms. The van der Waals surface area contributed by atoms with Crippen molar-refractivity contribution in [3.05, 3.63) is 30.1 Å². The van der Waals surface area contributed by atoms with Gasteiger partial charge >= 0.3 is 0 Å². The molecule has 2 heterocycles. The van der Waals surface area contributed by atoms with E-state index in [4.69, 9.17) is 0 Å². The topological polar surface area (TPSA) is 60.9 Å². The number of hydrogen-bond acceptors (Lipinski definition) is 4. The molecule has 0 unspecified atom stereocenters. The smallest absolute Gasteiger partial charge is 0.243 e. The Bertz CT molecular complexity index is 763.